The number of amides is 1. The minimum atomic E-state index is -0.591. The highest BCUT2D eigenvalue weighted by Crippen LogP contribution is 2.19. The van der Waals surface area contributed by atoms with Gasteiger partial charge in [-0.05, 0) is 18.1 Å². The molecule has 0 aliphatic carbocycles. The van der Waals surface area contributed by atoms with Crippen molar-refractivity contribution >= 4 is 29.4 Å². The van der Waals surface area contributed by atoms with Crippen LogP contribution in [0.3, 0.4) is 0 Å². The summed E-state index contributed by atoms with van der Waals surface area (Å²) >= 11 is 0. The van der Waals surface area contributed by atoms with Gasteiger partial charge in [-0.3, -0.25) is 9.48 Å². The molecule has 138 valence electrons. The smallest absolute Gasteiger partial charge is 0.254 e. The number of nitrogens with two attached hydrogens (primary N) is 1. The molecule has 27 heavy (non-hydrogen) atoms. The van der Waals surface area contributed by atoms with Crippen LogP contribution in [0.4, 0.5) is 17.5 Å². The minimum Gasteiger partial charge on any atom is -0.365 e. The van der Waals surface area contributed by atoms with Gasteiger partial charge in [0.25, 0.3) is 5.91 Å². The number of hydrogen-bond acceptors (Lipinski definition) is 6. The highest BCUT2D eigenvalue weighted by Gasteiger charge is 2.13. The van der Waals surface area contributed by atoms with Crippen LogP contribution in [0.15, 0.2) is 48.9 Å². The molecule has 0 aliphatic heterocycles. The summed E-state index contributed by atoms with van der Waals surface area (Å²) in [5.41, 5.74) is 8.61. The average molecular weight is 363 g/mol. The Morgan fingerprint density at radius 1 is 1.30 bits per heavy atom. The van der Waals surface area contributed by atoms with E-state index < -0.39 is 5.91 Å². The third-order valence-electron chi connectivity index (χ3n) is 3.86. The molecular formula is C19H21N7O. The van der Waals surface area contributed by atoms with Gasteiger partial charge in [-0.25, -0.2) is 4.98 Å². The van der Waals surface area contributed by atoms with Crippen molar-refractivity contribution in [1.29, 1.82) is 0 Å². The fourth-order valence-electron chi connectivity index (χ4n) is 2.59. The zero-order valence-corrected chi connectivity index (χ0v) is 15.2. The average Bonchev–Trinajstić information content (AvgIpc) is 3.06. The molecule has 8 heteroatoms. The van der Waals surface area contributed by atoms with Gasteiger partial charge in [-0.1, -0.05) is 36.4 Å². The lowest BCUT2D eigenvalue weighted by Gasteiger charge is -2.12. The second-order valence-corrected chi connectivity index (χ2v) is 5.90. The maximum atomic E-state index is 11.7. The van der Waals surface area contributed by atoms with E-state index in [2.05, 4.69) is 25.7 Å². The van der Waals surface area contributed by atoms with Crippen LogP contribution in [0.1, 0.15) is 28.4 Å². The van der Waals surface area contributed by atoms with Crippen LogP contribution in [-0.2, 0) is 13.6 Å². The Morgan fingerprint density at radius 3 is 2.81 bits per heavy atom. The first-order valence-corrected chi connectivity index (χ1v) is 8.44. The van der Waals surface area contributed by atoms with Crippen molar-refractivity contribution in [3.8, 4) is 0 Å². The van der Waals surface area contributed by atoms with Crippen molar-refractivity contribution in [3.05, 3.63) is 65.6 Å². The third-order valence-corrected chi connectivity index (χ3v) is 3.86. The molecule has 3 rings (SSSR count). The molecule has 0 saturated carbocycles. The van der Waals surface area contributed by atoms with Gasteiger partial charge in [0.2, 0.25) is 5.95 Å². The number of allylic oxidation sites excluding steroid dienone is 1. The van der Waals surface area contributed by atoms with Crippen LogP contribution in [0.5, 0.6) is 0 Å². The molecule has 0 unspecified atom stereocenters. The number of rotatable bonds is 7. The van der Waals surface area contributed by atoms with Gasteiger partial charge in [0, 0.05) is 26.0 Å². The molecule has 1 aromatic carbocycles. The van der Waals surface area contributed by atoms with Crippen LogP contribution in [0, 0.1) is 0 Å². The fourth-order valence-corrected chi connectivity index (χ4v) is 2.59. The topological polar surface area (TPSA) is 111 Å². The van der Waals surface area contributed by atoms with E-state index in [0.717, 1.165) is 16.8 Å². The van der Waals surface area contributed by atoms with Crippen molar-refractivity contribution in [2.75, 3.05) is 10.6 Å². The van der Waals surface area contributed by atoms with E-state index in [4.69, 9.17) is 5.73 Å². The Balaban J connectivity index is 1.84. The Kier molecular flexibility index (Phi) is 5.46. The number of carbonyl (C=O) groups is 1. The van der Waals surface area contributed by atoms with E-state index in [9.17, 15) is 4.79 Å². The van der Waals surface area contributed by atoms with Gasteiger partial charge >= 0.3 is 0 Å². The number of anilines is 3. The SMILES string of the molecule is CC=Cc1ccccc1CNc1nc(Nc2cnn(C)c2)ncc1C(N)=O. The van der Waals surface area contributed by atoms with Gasteiger partial charge < -0.3 is 16.4 Å². The molecular weight excluding hydrogens is 342 g/mol. The molecule has 0 saturated heterocycles. The first-order valence-electron chi connectivity index (χ1n) is 8.44. The van der Waals surface area contributed by atoms with Crippen LogP contribution in [-0.4, -0.2) is 25.7 Å². The second-order valence-electron chi connectivity index (χ2n) is 5.90. The molecule has 8 nitrogen and oxygen atoms in total. The normalized spacial score (nSPS) is 10.9. The zero-order valence-electron chi connectivity index (χ0n) is 15.2. The molecule has 3 aromatic rings. The quantitative estimate of drug-likeness (QED) is 0.595. The Bertz CT molecular complexity index is 978. The van der Waals surface area contributed by atoms with Crippen molar-refractivity contribution in [2.24, 2.45) is 12.8 Å². The summed E-state index contributed by atoms with van der Waals surface area (Å²) in [6.07, 6.45) is 8.88. The largest absolute Gasteiger partial charge is 0.365 e. The number of aryl methyl sites for hydroxylation is 1. The molecule has 0 atom stereocenters. The predicted octanol–water partition coefficient (Wildman–Crippen LogP) is 2.70. The number of hydrogen-bond donors (Lipinski definition) is 3. The van der Waals surface area contributed by atoms with Gasteiger partial charge in [-0.15, -0.1) is 0 Å². The van der Waals surface area contributed by atoms with E-state index in [-0.39, 0.29) is 5.56 Å². The molecule has 2 aromatic heterocycles. The molecule has 0 spiro atoms. The molecule has 1 amide bonds. The van der Waals surface area contributed by atoms with Crippen LogP contribution >= 0.6 is 0 Å². The van der Waals surface area contributed by atoms with Gasteiger partial charge in [0.1, 0.15) is 5.82 Å². The van der Waals surface area contributed by atoms with E-state index >= 15 is 0 Å². The lowest BCUT2D eigenvalue weighted by molar-refractivity contribution is 0.100. The number of aromatic nitrogens is 4. The van der Waals surface area contributed by atoms with Crippen LogP contribution < -0.4 is 16.4 Å². The summed E-state index contributed by atoms with van der Waals surface area (Å²) in [6, 6.07) is 7.99. The van der Waals surface area contributed by atoms with E-state index in [1.54, 1.807) is 17.1 Å². The van der Waals surface area contributed by atoms with Crippen LogP contribution in [0.25, 0.3) is 6.08 Å². The summed E-state index contributed by atoms with van der Waals surface area (Å²) in [4.78, 5) is 20.3. The minimum absolute atomic E-state index is 0.232. The fraction of sp³-hybridized carbons (Fsp3) is 0.158. The molecule has 0 aliphatic rings. The summed E-state index contributed by atoms with van der Waals surface area (Å²) in [5, 5.41) is 10.3. The highest BCUT2D eigenvalue weighted by molar-refractivity contribution is 5.97. The predicted molar refractivity (Wildman–Crippen MR) is 106 cm³/mol. The molecule has 4 N–H and O–H groups in total. The number of benzene rings is 1. The molecule has 0 fully saturated rings. The first-order chi connectivity index (χ1) is 13.1. The van der Waals surface area contributed by atoms with Crippen molar-refractivity contribution in [3.63, 3.8) is 0 Å². The molecule has 0 bridgehead atoms. The molecule has 2 heterocycles. The second kappa shape index (κ2) is 8.13. The Morgan fingerprint density at radius 2 is 2.11 bits per heavy atom. The standard InChI is InChI=1S/C19H21N7O/c1-3-6-13-7-4-5-8-14(13)9-21-18-16(17(20)27)11-22-19(25-18)24-15-10-23-26(2)12-15/h3-8,10-12H,9H2,1-2H3,(H2,20,27)(H2,21,22,24,25). The van der Waals surface area contributed by atoms with Crippen molar-refractivity contribution in [1.82, 2.24) is 19.7 Å². The van der Waals surface area contributed by atoms with E-state index in [1.807, 2.05) is 50.4 Å². The maximum Gasteiger partial charge on any atom is 0.254 e. The zero-order chi connectivity index (χ0) is 19.2. The lowest BCUT2D eigenvalue weighted by atomic mass is 10.1. The first kappa shape index (κ1) is 18.1. The summed E-state index contributed by atoms with van der Waals surface area (Å²) < 4.78 is 1.66. The lowest BCUT2D eigenvalue weighted by Crippen LogP contribution is -2.17. The van der Waals surface area contributed by atoms with Crippen LogP contribution in [0.2, 0.25) is 0 Å². The Hall–Kier alpha value is -3.68. The summed E-state index contributed by atoms with van der Waals surface area (Å²) in [6.45, 7) is 2.46. The maximum absolute atomic E-state index is 11.7. The number of nitrogens with zero attached hydrogens (tertiary/aromatic N) is 4. The van der Waals surface area contributed by atoms with Gasteiger partial charge in [0.05, 0.1) is 17.4 Å². The van der Waals surface area contributed by atoms with Gasteiger partial charge in [0.15, 0.2) is 0 Å². The summed E-state index contributed by atoms with van der Waals surface area (Å²) in [5.74, 6) is 0.128. The van der Waals surface area contributed by atoms with Crippen molar-refractivity contribution < 1.29 is 4.79 Å². The molecule has 0 radical (unpaired) electrons. The summed E-state index contributed by atoms with van der Waals surface area (Å²) in [7, 11) is 1.82. The third kappa shape index (κ3) is 4.49. The van der Waals surface area contributed by atoms with Gasteiger partial charge in [-0.2, -0.15) is 10.1 Å². The Labute approximate surface area is 157 Å². The number of nitrogens with one attached hydrogen (secondary N) is 2. The van der Waals surface area contributed by atoms with Crippen molar-refractivity contribution in [2.45, 2.75) is 13.5 Å². The number of primary amides is 1. The van der Waals surface area contributed by atoms with E-state index in [0.29, 0.717) is 18.3 Å². The number of carbonyl (C=O) groups excluding carboxylic acids is 1. The van der Waals surface area contributed by atoms with E-state index in [1.165, 1.54) is 6.20 Å². The highest BCUT2D eigenvalue weighted by atomic mass is 16.1. The monoisotopic (exact) mass is 363 g/mol.